The number of allylic oxidation sites excluding steroid dienone is 4. The van der Waals surface area contributed by atoms with Crippen LogP contribution >= 0.6 is 0 Å². The zero-order chi connectivity index (χ0) is 49.7. The van der Waals surface area contributed by atoms with Crippen LogP contribution < -0.4 is 15.1 Å². The Balaban J connectivity index is 0.937. The van der Waals surface area contributed by atoms with E-state index in [0.29, 0.717) is 0 Å². The summed E-state index contributed by atoms with van der Waals surface area (Å²) in [4.78, 5) is 4.87. The molecule has 0 unspecified atom stereocenters. The Labute approximate surface area is 439 Å². The third kappa shape index (κ3) is 7.43. The molecule has 1 N–H and O–H groups in total. The zero-order valence-corrected chi connectivity index (χ0v) is 41.3. The first-order valence-electron chi connectivity index (χ1n) is 26.0. The molecule has 0 aromatic heterocycles. The Morgan fingerprint density at radius 3 is 1.32 bits per heavy atom. The number of fused-ring (bicyclic) bond motifs is 10. The smallest absolute Gasteiger partial charge is 0.0726 e. The maximum atomic E-state index is 3.74. The van der Waals surface area contributed by atoms with E-state index in [-0.39, 0.29) is 0 Å². The quantitative estimate of drug-likeness (QED) is 0.139. The molecule has 0 radical (unpaired) electrons. The van der Waals surface area contributed by atoms with Gasteiger partial charge in [-0.15, -0.1) is 0 Å². The molecule has 0 fully saturated rings. The van der Waals surface area contributed by atoms with E-state index in [2.05, 4.69) is 306 Å². The number of benzene rings is 11. The van der Waals surface area contributed by atoms with E-state index in [1.54, 1.807) is 0 Å². The van der Waals surface area contributed by atoms with Gasteiger partial charge in [0.2, 0.25) is 0 Å². The molecule has 0 saturated heterocycles. The van der Waals surface area contributed by atoms with Crippen LogP contribution in [0.1, 0.15) is 34.2 Å². The summed E-state index contributed by atoms with van der Waals surface area (Å²) in [6, 6.07) is 100. The zero-order valence-electron chi connectivity index (χ0n) is 41.3. The Kier molecular flexibility index (Phi) is 10.8. The minimum atomic E-state index is -0.464. The first-order valence-corrected chi connectivity index (χ1v) is 26.0. The topological polar surface area (TPSA) is 18.5 Å². The molecular weight excluding hydrogens is 907 g/mol. The maximum absolute atomic E-state index is 3.74. The van der Waals surface area contributed by atoms with Gasteiger partial charge in [0.1, 0.15) is 0 Å². The normalized spacial score (nSPS) is 13.1. The molecule has 11 aromatic rings. The van der Waals surface area contributed by atoms with Crippen molar-refractivity contribution >= 4 is 51.1 Å². The van der Waals surface area contributed by atoms with Crippen molar-refractivity contribution in [2.45, 2.75) is 11.8 Å². The fourth-order valence-electron chi connectivity index (χ4n) is 12.2. The van der Waals surface area contributed by atoms with E-state index >= 15 is 0 Å². The van der Waals surface area contributed by atoms with Gasteiger partial charge in [-0.1, -0.05) is 206 Å². The molecule has 14 rings (SSSR count). The lowest BCUT2D eigenvalue weighted by Crippen LogP contribution is -2.26. The van der Waals surface area contributed by atoms with Crippen molar-refractivity contribution in [2.24, 2.45) is 0 Å². The standard InChI is InChI=1S/C72H51N3/c1-4-19-50(20-5-1)52-35-39-56(40-36-52)74(60-47-48-69(73-55-25-8-3-9-26-55)64(49-60)54-23-10-11-24-54)57-43-45-59(46-44-57)75(58-41-37-53(38-42-58)51-21-6-2-7-22-51)70-34-18-33-68-71(70)63-29-14-17-32-67(63)72(68)65-30-15-12-27-61(65)62-28-13-16-31-66(62)72/h1-23,25-49,73H,24H2. The Morgan fingerprint density at radius 2 is 0.773 bits per heavy atom. The molecule has 3 heteroatoms. The second-order valence-corrected chi connectivity index (χ2v) is 19.6. The van der Waals surface area contributed by atoms with Crippen molar-refractivity contribution in [1.29, 1.82) is 0 Å². The monoisotopic (exact) mass is 957 g/mol. The number of anilines is 8. The molecule has 11 aromatic carbocycles. The van der Waals surface area contributed by atoms with Crippen molar-refractivity contribution in [1.82, 2.24) is 0 Å². The average molecular weight is 958 g/mol. The summed E-state index contributed by atoms with van der Waals surface area (Å²) in [5, 5.41) is 3.74. The molecule has 0 atom stereocenters. The Bertz CT molecular complexity index is 3920. The van der Waals surface area contributed by atoms with Gasteiger partial charge in [-0.3, -0.25) is 0 Å². The van der Waals surface area contributed by atoms with Crippen LogP contribution in [0.5, 0.6) is 0 Å². The SMILES string of the molecule is C1=CCC(c2cc(N(c3ccc(-c4ccccc4)cc3)c3ccc(N(c4ccc(-c5ccccc5)cc4)c4cccc5c4-c4ccccc4C54c5ccccc5-c5ccccc54)cc3)ccc2Nc2ccccc2)=C1. The number of hydrogen-bond donors (Lipinski definition) is 1. The van der Waals surface area contributed by atoms with Crippen molar-refractivity contribution in [2.75, 3.05) is 15.1 Å². The van der Waals surface area contributed by atoms with Gasteiger partial charge in [0.25, 0.3) is 0 Å². The Morgan fingerprint density at radius 1 is 0.333 bits per heavy atom. The first-order chi connectivity index (χ1) is 37.2. The van der Waals surface area contributed by atoms with E-state index in [1.807, 2.05) is 0 Å². The molecule has 0 bridgehead atoms. The number of nitrogens with one attached hydrogen (secondary N) is 1. The maximum Gasteiger partial charge on any atom is 0.0726 e. The van der Waals surface area contributed by atoms with Crippen LogP contribution in [0.2, 0.25) is 0 Å². The molecular formula is C72H51N3. The lowest BCUT2D eigenvalue weighted by molar-refractivity contribution is 0.794. The third-order valence-corrected chi connectivity index (χ3v) is 15.5. The van der Waals surface area contributed by atoms with Crippen molar-refractivity contribution in [3.05, 3.63) is 319 Å². The van der Waals surface area contributed by atoms with Gasteiger partial charge in [0.15, 0.2) is 0 Å². The lowest BCUT2D eigenvalue weighted by atomic mass is 9.70. The molecule has 3 aliphatic carbocycles. The minimum absolute atomic E-state index is 0.464. The highest BCUT2D eigenvalue weighted by atomic mass is 15.2. The van der Waals surface area contributed by atoms with Crippen molar-refractivity contribution in [3.63, 3.8) is 0 Å². The summed E-state index contributed by atoms with van der Waals surface area (Å²) in [5.41, 5.74) is 25.8. The predicted octanol–water partition coefficient (Wildman–Crippen LogP) is 19.4. The minimum Gasteiger partial charge on any atom is -0.355 e. The second kappa shape index (κ2) is 18.4. The summed E-state index contributed by atoms with van der Waals surface area (Å²) < 4.78 is 0. The highest BCUT2D eigenvalue weighted by Gasteiger charge is 2.52. The molecule has 0 aliphatic heterocycles. The Hall–Kier alpha value is -9.70. The molecule has 0 saturated carbocycles. The van der Waals surface area contributed by atoms with Crippen LogP contribution in [0.25, 0.3) is 50.1 Å². The van der Waals surface area contributed by atoms with Crippen LogP contribution in [0.4, 0.5) is 45.5 Å². The van der Waals surface area contributed by atoms with Crippen LogP contribution in [0, 0.1) is 0 Å². The first kappa shape index (κ1) is 44.0. The van der Waals surface area contributed by atoms with E-state index in [1.165, 1.54) is 77.9 Å². The highest BCUT2D eigenvalue weighted by molar-refractivity contribution is 6.01. The van der Waals surface area contributed by atoms with Crippen LogP contribution in [0.3, 0.4) is 0 Å². The molecule has 75 heavy (non-hydrogen) atoms. The number of rotatable bonds is 11. The summed E-state index contributed by atoms with van der Waals surface area (Å²) in [6.07, 6.45) is 7.53. The van der Waals surface area contributed by atoms with Gasteiger partial charge >= 0.3 is 0 Å². The molecule has 354 valence electrons. The highest BCUT2D eigenvalue weighted by Crippen LogP contribution is 2.64. The number of nitrogens with zero attached hydrogens (tertiary/aromatic N) is 2. The van der Waals surface area contributed by atoms with Crippen molar-refractivity contribution < 1.29 is 0 Å². The number of hydrogen-bond acceptors (Lipinski definition) is 3. The molecule has 3 aliphatic rings. The van der Waals surface area contributed by atoms with Crippen molar-refractivity contribution in [3.8, 4) is 44.5 Å². The van der Waals surface area contributed by atoms with Crippen LogP contribution in [-0.4, -0.2) is 0 Å². The second-order valence-electron chi connectivity index (χ2n) is 19.6. The van der Waals surface area contributed by atoms with Gasteiger partial charge in [-0.05, 0) is 158 Å². The van der Waals surface area contributed by atoms with E-state index in [0.717, 1.165) is 51.9 Å². The van der Waals surface area contributed by atoms with Gasteiger partial charge < -0.3 is 15.1 Å². The summed E-state index contributed by atoms with van der Waals surface area (Å²) in [6.45, 7) is 0. The summed E-state index contributed by atoms with van der Waals surface area (Å²) in [5.74, 6) is 0. The van der Waals surface area contributed by atoms with Gasteiger partial charge in [0, 0.05) is 50.9 Å². The lowest BCUT2D eigenvalue weighted by Gasteiger charge is -2.32. The van der Waals surface area contributed by atoms with E-state index < -0.39 is 5.41 Å². The number of para-hydroxylation sites is 1. The largest absolute Gasteiger partial charge is 0.355 e. The third-order valence-electron chi connectivity index (χ3n) is 15.5. The summed E-state index contributed by atoms with van der Waals surface area (Å²) >= 11 is 0. The molecule has 3 nitrogen and oxygen atoms in total. The van der Waals surface area contributed by atoms with E-state index in [9.17, 15) is 0 Å². The van der Waals surface area contributed by atoms with Gasteiger partial charge in [0.05, 0.1) is 11.1 Å². The van der Waals surface area contributed by atoms with Crippen LogP contribution in [0.15, 0.2) is 291 Å². The molecule has 1 spiro atoms. The molecule has 0 heterocycles. The van der Waals surface area contributed by atoms with E-state index in [4.69, 9.17) is 0 Å². The van der Waals surface area contributed by atoms with Gasteiger partial charge in [-0.2, -0.15) is 0 Å². The predicted molar refractivity (Wildman–Crippen MR) is 314 cm³/mol. The summed E-state index contributed by atoms with van der Waals surface area (Å²) in [7, 11) is 0. The molecule has 0 amide bonds. The fraction of sp³-hybridized carbons (Fsp3) is 0.0278. The van der Waals surface area contributed by atoms with Crippen LogP contribution in [-0.2, 0) is 5.41 Å². The van der Waals surface area contributed by atoms with Gasteiger partial charge in [-0.25, -0.2) is 0 Å². The average Bonchev–Trinajstić information content (AvgIpc) is 4.34. The fourth-order valence-corrected chi connectivity index (χ4v) is 12.2.